The third kappa shape index (κ3) is 4.28. The second-order valence-corrected chi connectivity index (χ2v) is 8.57. The lowest BCUT2D eigenvalue weighted by molar-refractivity contribution is 0.623. The van der Waals surface area contributed by atoms with Gasteiger partial charge in [-0.25, -0.2) is 14.4 Å². The van der Waals surface area contributed by atoms with Gasteiger partial charge in [0.25, 0.3) is 0 Å². The van der Waals surface area contributed by atoms with Gasteiger partial charge in [-0.1, -0.05) is 30.3 Å². The van der Waals surface area contributed by atoms with Gasteiger partial charge in [-0.15, -0.1) is 11.3 Å². The topological polar surface area (TPSA) is 88.8 Å². The largest absolute Gasteiger partial charge is 0.379 e. The van der Waals surface area contributed by atoms with Gasteiger partial charge in [-0.05, 0) is 34.0 Å². The number of pyridine rings is 1. The molecule has 30 heavy (non-hydrogen) atoms. The molecule has 1 aromatic carbocycles. The highest BCUT2D eigenvalue weighted by molar-refractivity contribution is 9.10. The molecule has 1 unspecified atom stereocenters. The molecule has 4 N–H and O–H groups in total. The van der Waals surface area contributed by atoms with E-state index in [0.29, 0.717) is 29.3 Å². The van der Waals surface area contributed by atoms with Crippen molar-refractivity contribution in [1.29, 1.82) is 0 Å². The summed E-state index contributed by atoms with van der Waals surface area (Å²) in [6, 6.07) is 11.6. The van der Waals surface area contributed by atoms with E-state index >= 15 is 0 Å². The normalized spacial score (nSPS) is 12.1. The van der Waals surface area contributed by atoms with Gasteiger partial charge < -0.3 is 16.4 Å². The lowest BCUT2D eigenvalue weighted by Gasteiger charge is -2.14. The minimum Gasteiger partial charge on any atom is -0.379 e. The fourth-order valence-corrected chi connectivity index (χ4v) is 4.94. The maximum Gasteiger partial charge on any atom is 0.165 e. The number of nitrogens with two attached hydrogens (primary N) is 1. The van der Waals surface area contributed by atoms with E-state index in [2.05, 4.69) is 53.6 Å². The Morgan fingerprint density at radius 3 is 2.73 bits per heavy atom. The van der Waals surface area contributed by atoms with Crippen molar-refractivity contribution in [1.82, 2.24) is 15.0 Å². The van der Waals surface area contributed by atoms with Crippen LogP contribution in [0.4, 0.5) is 15.2 Å². The maximum absolute atomic E-state index is 14.3. The summed E-state index contributed by atoms with van der Waals surface area (Å²) in [5.41, 5.74) is 8.53. The lowest BCUT2D eigenvalue weighted by atomic mass is 10.1. The molecule has 4 rings (SSSR count). The van der Waals surface area contributed by atoms with Gasteiger partial charge in [-0.2, -0.15) is 0 Å². The van der Waals surface area contributed by atoms with Crippen LogP contribution in [0.2, 0.25) is 0 Å². The third-order valence-electron chi connectivity index (χ3n) is 4.59. The molecule has 0 aliphatic carbocycles. The van der Waals surface area contributed by atoms with Crippen LogP contribution in [0.3, 0.4) is 0 Å². The van der Waals surface area contributed by atoms with Crippen LogP contribution in [0.1, 0.15) is 5.56 Å². The molecule has 0 saturated carbocycles. The first-order chi connectivity index (χ1) is 14.6. The Bertz CT molecular complexity index is 1170. The monoisotopic (exact) mass is 486 g/mol. The molecule has 6 nitrogen and oxygen atoms in total. The smallest absolute Gasteiger partial charge is 0.165 e. The van der Waals surface area contributed by atoms with Crippen LogP contribution in [0.25, 0.3) is 21.6 Å². The van der Waals surface area contributed by atoms with Crippen LogP contribution in [-0.2, 0) is 6.42 Å². The molecule has 0 radical (unpaired) electrons. The van der Waals surface area contributed by atoms with Crippen molar-refractivity contribution in [2.75, 3.05) is 24.2 Å². The van der Waals surface area contributed by atoms with Crippen LogP contribution in [0.15, 0.2) is 53.3 Å². The van der Waals surface area contributed by atoms with E-state index in [-0.39, 0.29) is 6.04 Å². The van der Waals surface area contributed by atoms with E-state index in [0.717, 1.165) is 26.8 Å². The highest BCUT2D eigenvalue weighted by atomic mass is 79.9. The van der Waals surface area contributed by atoms with E-state index in [9.17, 15) is 4.39 Å². The maximum atomic E-state index is 14.3. The Morgan fingerprint density at radius 2 is 2.00 bits per heavy atom. The minimum absolute atomic E-state index is 0.106. The van der Waals surface area contributed by atoms with Gasteiger partial charge in [0.2, 0.25) is 0 Å². The molecule has 3 aromatic heterocycles. The van der Waals surface area contributed by atoms with Crippen molar-refractivity contribution < 1.29 is 4.39 Å². The Balaban J connectivity index is 1.68. The molecule has 0 saturated heterocycles. The Kier molecular flexibility index (Phi) is 6.21. The second-order valence-electron chi connectivity index (χ2n) is 6.75. The summed E-state index contributed by atoms with van der Waals surface area (Å²) in [6.07, 6.45) is 3.42. The van der Waals surface area contributed by atoms with Gasteiger partial charge in [0.05, 0.1) is 20.9 Å². The number of nitrogens with one attached hydrogen (secondary N) is 2. The average Bonchev–Trinajstić information content (AvgIpc) is 3.09. The van der Waals surface area contributed by atoms with Crippen molar-refractivity contribution >= 4 is 48.3 Å². The van der Waals surface area contributed by atoms with Crippen LogP contribution in [-0.4, -0.2) is 34.6 Å². The number of halogens is 2. The number of hydrogen-bond acceptors (Lipinski definition) is 7. The predicted molar refractivity (Wildman–Crippen MR) is 124 cm³/mol. The summed E-state index contributed by atoms with van der Waals surface area (Å²) >= 11 is 5.12. The first kappa shape index (κ1) is 20.6. The zero-order valence-corrected chi connectivity index (χ0v) is 18.6. The lowest BCUT2D eigenvalue weighted by Crippen LogP contribution is -2.31. The highest BCUT2D eigenvalue weighted by Gasteiger charge is 2.19. The number of nitrogens with zero attached hydrogens (tertiary/aromatic N) is 3. The molecule has 0 bridgehead atoms. The number of hydrogen-bond donors (Lipinski definition) is 3. The Morgan fingerprint density at radius 1 is 1.20 bits per heavy atom. The van der Waals surface area contributed by atoms with E-state index < -0.39 is 5.82 Å². The summed E-state index contributed by atoms with van der Waals surface area (Å²) in [7, 11) is 1.84. The third-order valence-corrected chi connectivity index (χ3v) is 6.83. The average molecular weight is 487 g/mol. The summed E-state index contributed by atoms with van der Waals surface area (Å²) in [6.45, 7) is 0.518. The second kappa shape index (κ2) is 9.03. The van der Waals surface area contributed by atoms with Crippen LogP contribution < -0.4 is 16.4 Å². The predicted octanol–water partition coefficient (Wildman–Crippen LogP) is 4.68. The quantitative estimate of drug-likeness (QED) is 0.351. The number of rotatable bonds is 7. The van der Waals surface area contributed by atoms with E-state index in [1.165, 1.54) is 23.1 Å². The fraction of sp³-hybridized carbons (Fsp3) is 0.190. The number of benzene rings is 1. The van der Waals surface area contributed by atoms with Crippen molar-refractivity contribution in [3.05, 3.63) is 64.6 Å². The van der Waals surface area contributed by atoms with Crippen LogP contribution in [0.5, 0.6) is 0 Å². The fourth-order valence-electron chi connectivity index (χ4n) is 3.12. The molecular weight excluding hydrogens is 467 g/mol. The molecule has 0 aliphatic heterocycles. The Hall–Kier alpha value is -2.62. The molecule has 9 heteroatoms. The van der Waals surface area contributed by atoms with E-state index in [4.69, 9.17) is 5.73 Å². The molecule has 0 amide bonds. The number of aromatic nitrogens is 3. The van der Waals surface area contributed by atoms with Crippen LogP contribution >= 0.6 is 27.3 Å². The molecule has 0 fully saturated rings. The number of anilines is 2. The van der Waals surface area contributed by atoms with E-state index in [1.807, 2.05) is 25.2 Å². The van der Waals surface area contributed by atoms with Crippen molar-refractivity contribution in [3.63, 3.8) is 0 Å². The van der Waals surface area contributed by atoms with Crippen molar-refractivity contribution in [2.45, 2.75) is 12.5 Å². The molecule has 1 atom stereocenters. The molecule has 0 spiro atoms. The van der Waals surface area contributed by atoms with Crippen molar-refractivity contribution in [3.8, 4) is 11.4 Å². The molecule has 154 valence electrons. The van der Waals surface area contributed by atoms with E-state index in [1.54, 1.807) is 6.07 Å². The van der Waals surface area contributed by atoms with Gasteiger partial charge in [-0.3, -0.25) is 4.98 Å². The first-order valence-electron chi connectivity index (χ1n) is 9.38. The van der Waals surface area contributed by atoms with Gasteiger partial charge in [0, 0.05) is 25.8 Å². The highest BCUT2D eigenvalue weighted by Crippen LogP contribution is 2.42. The summed E-state index contributed by atoms with van der Waals surface area (Å²) in [4.78, 5) is 13.0. The Labute approximate surface area is 185 Å². The molecule has 0 aliphatic rings. The van der Waals surface area contributed by atoms with Crippen molar-refractivity contribution in [2.24, 2.45) is 5.73 Å². The summed E-state index contributed by atoms with van der Waals surface area (Å²) < 4.78 is 16.0. The van der Waals surface area contributed by atoms with Gasteiger partial charge in [0.15, 0.2) is 11.6 Å². The number of thiophene rings is 1. The van der Waals surface area contributed by atoms with Gasteiger partial charge in [0.1, 0.15) is 16.3 Å². The molecule has 4 aromatic rings. The zero-order valence-electron chi connectivity index (χ0n) is 16.2. The van der Waals surface area contributed by atoms with Crippen LogP contribution in [0, 0.1) is 5.82 Å². The molecular formula is C21H20BrFN6S. The number of fused-ring (bicyclic) bond motifs is 1. The zero-order chi connectivity index (χ0) is 21.1. The first-order valence-corrected chi connectivity index (χ1v) is 11.0. The SMILES string of the molecule is CNc1sc2c(NCC(N)Cc3ccccc3)nc(-c3ccncc3F)nc2c1Br. The summed E-state index contributed by atoms with van der Waals surface area (Å²) in [5.74, 6) is 0.452. The summed E-state index contributed by atoms with van der Waals surface area (Å²) in [5, 5.41) is 7.42. The standard InChI is InChI=1S/C21H20BrFN6S/c1-25-21-16(22)17-18(30-21)20(27-10-13(24)9-12-5-3-2-4-6-12)29-19(28-17)14-7-8-26-11-15(14)23/h2-8,11,13,25H,9-10,24H2,1H3,(H,27,28,29). The molecule has 3 heterocycles. The van der Waals surface area contributed by atoms with Gasteiger partial charge >= 0.3 is 0 Å². The minimum atomic E-state index is -0.469.